The second kappa shape index (κ2) is 11.3. The molecule has 0 heterocycles. The van der Waals surface area contributed by atoms with Gasteiger partial charge >= 0.3 is 17.9 Å². The van der Waals surface area contributed by atoms with Crippen LogP contribution < -0.4 is 9.64 Å². The molecule has 3 aromatic rings. The Kier molecular flexibility index (Phi) is 8.76. The third kappa shape index (κ3) is 8.45. The van der Waals surface area contributed by atoms with E-state index in [-0.39, 0.29) is 45.5 Å². The fourth-order valence-electron chi connectivity index (χ4n) is 3.23. The number of aliphatic hydroxyl groups is 1. The Morgan fingerprint density at radius 3 is 2.03 bits per heavy atom. The van der Waals surface area contributed by atoms with Gasteiger partial charge in [-0.1, -0.05) is 12.1 Å². The molecule has 0 saturated heterocycles. The monoisotopic (exact) mass is 573 g/mol. The molecule has 206 valence electrons. The number of aliphatic hydroxyl groups excluding tert-OH is 1. The molecule has 0 aliphatic carbocycles. The predicted octanol–water partition coefficient (Wildman–Crippen LogP) is 8.18. The van der Waals surface area contributed by atoms with Crippen molar-refractivity contribution in [3.05, 3.63) is 83.7 Å². The third-order valence-corrected chi connectivity index (χ3v) is 5.71. The second-order valence-electron chi connectivity index (χ2n) is 7.86. The van der Waals surface area contributed by atoms with Gasteiger partial charge in [-0.15, -0.1) is 0 Å². The van der Waals surface area contributed by atoms with Crippen molar-refractivity contribution in [2.75, 3.05) is 11.4 Å². The van der Waals surface area contributed by atoms with Crippen LogP contribution in [0.5, 0.6) is 11.5 Å². The Balaban J connectivity index is 1.83. The Morgan fingerprint density at radius 2 is 1.47 bits per heavy atom. The van der Waals surface area contributed by atoms with E-state index in [1.165, 1.54) is 42.5 Å². The normalized spacial score (nSPS) is 13.3. The Hall–Kier alpha value is -3.13. The number of hydrogen-bond acceptors (Lipinski definition) is 4. The van der Waals surface area contributed by atoms with Crippen molar-refractivity contribution < 1.29 is 53.7 Å². The number of nitrogens with zero attached hydrogens (tertiary/aromatic N) is 1. The minimum absolute atomic E-state index is 0.0290. The molecule has 0 aliphatic heterocycles. The van der Waals surface area contributed by atoms with E-state index in [4.69, 9.17) is 4.74 Å². The van der Waals surface area contributed by atoms with E-state index < -0.39 is 48.4 Å². The van der Waals surface area contributed by atoms with Gasteiger partial charge in [-0.25, -0.2) is 4.39 Å². The summed E-state index contributed by atoms with van der Waals surface area (Å²) in [6.45, 7) is -1.69. The van der Waals surface area contributed by atoms with Crippen LogP contribution in [-0.4, -0.2) is 29.4 Å². The first kappa shape index (κ1) is 29.4. The Bertz CT molecular complexity index is 1230. The van der Waals surface area contributed by atoms with Gasteiger partial charge in [0.15, 0.2) is 6.10 Å². The molecule has 14 heteroatoms. The quantitative estimate of drug-likeness (QED) is 0.218. The van der Waals surface area contributed by atoms with Crippen LogP contribution in [0, 0.1) is 5.82 Å². The molecule has 0 aromatic heterocycles. The van der Waals surface area contributed by atoms with E-state index >= 15 is 0 Å². The van der Waals surface area contributed by atoms with E-state index in [0.29, 0.717) is 6.07 Å². The highest BCUT2D eigenvalue weighted by Gasteiger charge is 2.39. The van der Waals surface area contributed by atoms with E-state index in [0.717, 1.165) is 17.0 Å². The zero-order chi connectivity index (χ0) is 28.3. The van der Waals surface area contributed by atoms with Crippen molar-refractivity contribution in [2.45, 2.75) is 35.4 Å². The number of thioether (sulfide) groups is 1. The van der Waals surface area contributed by atoms with Gasteiger partial charge in [0.05, 0.1) is 12.1 Å². The lowest BCUT2D eigenvalue weighted by atomic mass is 10.1. The molecule has 0 fully saturated rings. The second-order valence-corrected chi connectivity index (χ2v) is 9.00. The molecule has 0 radical (unpaired) electrons. The molecule has 1 N–H and O–H groups in total. The van der Waals surface area contributed by atoms with Crippen LogP contribution in [0.1, 0.15) is 11.1 Å². The molecule has 38 heavy (non-hydrogen) atoms. The van der Waals surface area contributed by atoms with Gasteiger partial charge in [0.2, 0.25) is 0 Å². The largest absolute Gasteiger partial charge is 0.457 e. The van der Waals surface area contributed by atoms with Crippen molar-refractivity contribution in [1.29, 1.82) is 0 Å². The zero-order valence-corrected chi connectivity index (χ0v) is 19.6. The molecule has 0 aliphatic rings. The van der Waals surface area contributed by atoms with Gasteiger partial charge in [-0.3, -0.25) is 0 Å². The lowest BCUT2D eigenvalue weighted by Gasteiger charge is -2.28. The Labute approximate surface area is 213 Å². The molecule has 0 amide bonds. The molecule has 0 spiro atoms. The number of alkyl halides is 9. The summed E-state index contributed by atoms with van der Waals surface area (Å²) in [7, 11) is 0. The highest BCUT2D eigenvalue weighted by atomic mass is 32.2. The summed E-state index contributed by atoms with van der Waals surface area (Å²) in [6.07, 6.45) is -12.7. The van der Waals surface area contributed by atoms with Gasteiger partial charge < -0.3 is 14.7 Å². The topological polar surface area (TPSA) is 32.7 Å². The van der Waals surface area contributed by atoms with Gasteiger partial charge in [-0.05, 0) is 66.4 Å². The van der Waals surface area contributed by atoms with Crippen LogP contribution in [0.2, 0.25) is 0 Å². The maximum atomic E-state index is 14.4. The van der Waals surface area contributed by atoms with E-state index in [9.17, 15) is 49.0 Å². The lowest BCUT2D eigenvalue weighted by molar-refractivity contribution is -0.200. The van der Waals surface area contributed by atoms with E-state index in [1.54, 1.807) is 0 Å². The summed E-state index contributed by atoms with van der Waals surface area (Å²) in [4.78, 5) is 0.770. The first-order valence-electron chi connectivity index (χ1n) is 10.5. The summed E-state index contributed by atoms with van der Waals surface area (Å²) in [5.41, 5.74) is -6.12. The number of benzene rings is 3. The van der Waals surface area contributed by atoms with Gasteiger partial charge in [0.25, 0.3) is 0 Å². The van der Waals surface area contributed by atoms with Crippen LogP contribution >= 0.6 is 11.8 Å². The summed E-state index contributed by atoms with van der Waals surface area (Å²) in [5, 5.41) is 9.56. The van der Waals surface area contributed by atoms with Crippen LogP contribution in [0.15, 0.2) is 71.6 Å². The molecule has 1 atom stereocenters. The first-order chi connectivity index (χ1) is 17.5. The standard InChI is InChI=1S/C24H17F10NO2S/c25-20-10-15(22(26,27)28)5-4-14(20)12-35(13-21(36)23(29,30)31)16-6-8-17(9-7-16)37-18-2-1-3-19(11-18)38-24(32,33)34/h1-11,21,36H,12-13H2. The molecular weight excluding hydrogens is 556 g/mol. The summed E-state index contributed by atoms with van der Waals surface area (Å²) in [5.74, 6) is -1.16. The van der Waals surface area contributed by atoms with Crippen molar-refractivity contribution in [3.8, 4) is 11.5 Å². The third-order valence-electron chi connectivity index (χ3n) is 4.99. The fraction of sp³-hybridized carbons (Fsp3) is 0.250. The zero-order valence-electron chi connectivity index (χ0n) is 18.8. The van der Waals surface area contributed by atoms with E-state index in [1.807, 2.05) is 0 Å². The molecule has 0 saturated carbocycles. The number of hydrogen-bond donors (Lipinski definition) is 1. The molecule has 3 nitrogen and oxygen atoms in total. The number of anilines is 1. The maximum Gasteiger partial charge on any atom is 0.446 e. The molecular formula is C24H17F10NO2S. The minimum Gasteiger partial charge on any atom is -0.457 e. The highest BCUT2D eigenvalue weighted by Crippen LogP contribution is 2.38. The van der Waals surface area contributed by atoms with Crippen molar-refractivity contribution in [3.63, 3.8) is 0 Å². The van der Waals surface area contributed by atoms with Crippen LogP contribution in [0.4, 0.5) is 49.6 Å². The van der Waals surface area contributed by atoms with Crippen molar-refractivity contribution in [2.24, 2.45) is 0 Å². The van der Waals surface area contributed by atoms with Gasteiger partial charge in [0.1, 0.15) is 17.3 Å². The molecule has 3 rings (SSSR count). The predicted molar refractivity (Wildman–Crippen MR) is 119 cm³/mol. The highest BCUT2D eigenvalue weighted by molar-refractivity contribution is 8.00. The maximum absolute atomic E-state index is 14.4. The smallest absolute Gasteiger partial charge is 0.446 e. The molecule has 3 aromatic carbocycles. The average molecular weight is 573 g/mol. The van der Waals surface area contributed by atoms with Crippen LogP contribution in [-0.2, 0) is 12.7 Å². The fourth-order valence-corrected chi connectivity index (χ4v) is 3.82. The summed E-state index contributed by atoms with van der Waals surface area (Å²) in [6, 6.07) is 11.7. The van der Waals surface area contributed by atoms with Crippen molar-refractivity contribution >= 4 is 17.4 Å². The van der Waals surface area contributed by atoms with E-state index in [2.05, 4.69) is 0 Å². The first-order valence-corrected chi connectivity index (χ1v) is 11.3. The van der Waals surface area contributed by atoms with Gasteiger partial charge in [-0.2, -0.15) is 39.5 Å². The SMILES string of the molecule is OC(CN(Cc1ccc(C(F)(F)F)cc1F)c1ccc(Oc2cccc(SC(F)(F)F)c2)cc1)C(F)(F)F. The summed E-state index contributed by atoms with van der Waals surface area (Å²) < 4.78 is 135. The number of rotatable bonds is 8. The van der Waals surface area contributed by atoms with Gasteiger partial charge in [0, 0.05) is 22.7 Å². The average Bonchev–Trinajstić information content (AvgIpc) is 2.78. The number of ether oxygens (including phenoxy) is 1. The number of halogens is 10. The summed E-state index contributed by atoms with van der Waals surface area (Å²) >= 11 is -0.352. The Morgan fingerprint density at radius 1 is 0.816 bits per heavy atom. The minimum atomic E-state index is -5.03. The van der Waals surface area contributed by atoms with Crippen molar-refractivity contribution in [1.82, 2.24) is 0 Å². The van der Waals surface area contributed by atoms with Crippen LogP contribution in [0.25, 0.3) is 0 Å². The lowest BCUT2D eigenvalue weighted by Crippen LogP contribution is -2.41. The molecule has 1 unspecified atom stereocenters. The molecule has 0 bridgehead atoms. The van der Waals surface area contributed by atoms with Crippen LogP contribution in [0.3, 0.4) is 0 Å².